The van der Waals surface area contributed by atoms with Gasteiger partial charge in [0.05, 0.1) is 17.2 Å². The number of benzene rings is 1. The minimum Gasteiger partial charge on any atom is -0.371 e. The Morgan fingerprint density at radius 1 is 1.06 bits per heavy atom. The number of allylic oxidation sites excluding steroid dienone is 3. The van der Waals surface area contributed by atoms with E-state index in [1.807, 2.05) is 4.90 Å². The lowest BCUT2D eigenvalue weighted by Gasteiger charge is -2.37. The molecule has 1 aromatic rings. The molecule has 2 saturated heterocycles. The van der Waals surface area contributed by atoms with Crippen LogP contribution in [0.3, 0.4) is 0 Å². The highest BCUT2D eigenvalue weighted by Gasteiger charge is 2.34. The number of anilines is 1. The molecule has 0 bridgehead atoms. The monoisotopic (exact) mass is 501 g/mol. The van der Waals surface area contributed by atoms with Crippen LogP contribution in [-0.2, 0) is 11.0 Å². The van der Waals surface area contributed by atoms with Gasteiger partial charge in [-0.25, -0.2) is 0 Å². The highest BCUT2D eigenvalue weighted by atomic mass is 19.4. The molecular weight excluding hydrogens is 467 g/mol. The number of alkyl halides is 3. The predicted molar refractivity (Wildman–Crippen MR) is 133 cm³/mol. The molecule has 194 valence electrons. The number of piperidine rings is 1. The van der Waals surface area contributed by atoms with Gasteiger partial charge in [0.1, 0.15) is 0 Å². The highest BCUT2D eigenvalue weighted by molar-refractivity contribution is 5.76. The number of amides is 1. The van der Waals surface area contributed by atoms with Gasteiger partial charge >= 0.3 is 6.18 Å². The van der Waals surface area contributed by atoms with Gasteiger partial charge in [0, 0.05) is 63.1 Å². The fraction of sp³-hybridized carbons (Fsp3) is 0.556. The number of carbonyl (C=O) groups is 1. The Balaban J connectivity index is 1.15. The van der Waals surface area contributed by atoms with Crippen molar-refractivity contribution in [3.05, 3.63) is 53.3 Å². The third-order valence-corrected chi connectivity index (χ3v) is 7.25. The SMILES string of the molecule is N#Cc1ccc(N2CCC(NC(=O)CCCN3CCN(C4=CCCC=C4)CC3)CC2)cc1C(F)(F)F. The topological polar surface area (TPSA) is 62.6 Å². The van der Waals surface area contributed by atoms with Crippen LogP contribution >= 0.6 is 0 Å². The molecule has 1 N–H and O–H groups in total. The molecule has 1 amide bonds. The standard InChI is InChI=1S/C27H34F3N5O/c28-27(29,30)25-19-24(9-8-21(25)20-31)34-13-10-22(11-14-34)32-26(36)7-4-12-33-15-17-35(18-16-33)23-5-2-1-3-6-23/h2,5-6,8-9,19,22H,1,3-4,7,10-18H2,(H,32,36). The number of carbonyl (C=O) groups excluding carboxylic acids is 1. The molecule has 2 aliphatic heterocycles. The Morgan fingerprint density at radius 3 is 2.44 bits per heavy atom. The maximum absolute atomic E-state index is 13.3. The second kappa shape index (κ2) is 11.8. The summed E-state index contributed by atoms with van der Waals surface area (Å²) >= 11 is 0. The number of piperazine rings is 1. The summed E-state index contributed by atoms with van der Waals surface area (Å²) in [6.07, 6.45) is 7.12. The van der Waals surface area contributed by atoms with Crippen molar-refractivity contribution >= 4 is 11.6 Å². The zero-order valence-corrected chi connectivity index (χ0v) is 20.6. The molecule has 1 aromatic carbocycles. The molecule has 6 nitrogen and oxygen atoms in total. The van der Waals surface area contributed by atoms with E-state index in [1.165, 1.54) is 11.8 Å². The van der Waals surface area contributed by atoms with Crippen LogP contribution in [0.15, 0.2) is 42.1 Å². The molecule has 9 heteroatoms. The van der Waals surface area contributed by atoms with Gasteiger partial charge in [-0.05, 0) is 62.9 Å². The van der Waals surface area contributed by atoms with Crippen LogP contribution in [0.5, 0.6) is 0 Å². The lowest BCUT2D eigenvalue weighted by Crippen LogP contribution is -2.46. The highest BCUT2D eigenvalue weighted by Crippen LogP contribution is 2.35. The van der Waals surface area contributed by atoms with Gasteiger partial charge in [-0.15, -0.1) is 0 Å². The lowest BCUT2D eigenvalue weighted by atomic mass is 10.0. The lowest BCUT2D eigenvalue weighted by molar-refractivity contribution is -0.137. The Kier molecular flexibility index (Phi) is 8.57. The Morgan fingerprint density at radius 2 is 1.81 bits per heavy atom. The Labute approximate surface area is 211 Å². The first-order valence-electron chi connectivity index (χ1n) is 12.8. The van der Waals surface area contributed by atoms with Crippen molar-refractivity contribution in [1.82, 2.24) is 15.1 Å². The second-order valence-corrected chi connectivity index (χ2v) is 9.71. The molecule has 2 fully saturated rings. The number of hydrogen-bond acceptors (Lipinski definition) is 5. The largest absolute Gasteiger partial charge is 0.417 e. The van der Waals surface area contributed by atoms with Gasteiger partial charge in [-0.2, -0.15) is 18.4 Å². The van der Waals surface area contributed by atoms with Gasteiger partial charge in [-0.1, -0.05) is 12.2 Å². The average Bonchev–Trinajstić information content (AvgIpc) is 2.89. The summed E-state index contributed by atoms with van der Waals surface area (Å²) < 4.78 is 39.8. The van der Waals surface area contributed by atoms with Crippen LogP contribution in [-0.4, -0.2) is 67.6 Å². The minimum absolute atomic E-state index is 0.0367. The Bertz CT molecular complexity index is 1010. The number of nitriles is 1. The third-order valence-electron chi connectivity index (χ3n) is 7.25. The molecule has 3 aliphatic rings. The summed E-state index contributed by atoms with van der Waals surface area (Å²) in [6, 6.07) is 5.51. The van der Waals surface area contributed by atoms with Gasteiger partial charge in [0.25, 0.3) is 0 Å². The summed E-state index contributed by atoms with van der Waals surface area (Å²) in [5.41, 5.74) is 0.532. The van der Waals surface area contributed by atoms with Crippen LogP contribution in [0, 0.1) is 11.3 Å². The molecule has 0 atom stereocenters. The zero-order chi connectivity index (χ0) is 25.5. The molecule has 0 spiro atoms. The summed E-state index contributed by atoms with van der Waals surface area (Å²) in [5.74, 6) is 0.0438. The maximum atomic E-state index is 13.3. The van der Waals surface area contributed by atoms with Gasteiger partial charge < -0.3 is 15.1 Å². The van der Waals surface area contributed by atoms with E-state index in [0.717, 1.165) is 58.1 Å². The number of nitrogens with zero attached hydrogens (tertiary/aromatic N) is 4. The fourth-order valence-electron chi connectivity index (χ4n) is 5.17. The molecule has 2 heterocycles. The van der Waals surface area contributed by atoms with E-state index in [1.54, 1.807) is 12.1 Å². The first kappa shape index (κ1) is 26.1. The summed E-state index contributed by atoms with van der Waals surface area (Å²) in [6.45, 7) is 6.09. The third kappa shape index (κ3) is 6.82. The molecule has 0 radical (unpaired) electrons. The Hall–Kier alpha value is -2.99. The zero-order valence-electron chi connectivity index (χ0n) is 20.6. The normalized spacial score (nSPS) is 19.7. The van der Waals surface area contributed by atoms with Crippen molar-refractivity contribution in [2.75, 3.05) is 50.7 Å². The first-order valence-corrected chi connectivity index (χ1v) is 12.8. The van der Waals surface area contributed by atoms with E-state index in [0.29, 0.717) is 38.0 Å². The van der Waals surface area contributed by atoms with Crippen LogP contribution in [0.1, 0.15) is 49.7 Å². The van der Waals surface area contributed by atoms with E-state index in [2.05, 4.69) is 33.3 Å². The van der Waals surface area contributed by atoms with Crippen molar-refractivity contribution in [2.24, 2.45) is 0 Å². The van der Waals surface area contributed by atoms with E-state index in [-0.39, 0.29) is 17.5 Å². The van der Waals surface area contributed by atoms with E-state index < -0.39 is 11.7 Å². The number of nitrogens with one attached hydrogen (secondary N) is 1. The molecule has 0 unspecified atom stereocenters. The van der Waals surface area contributed by atoms with Crippen LogP contribution in [0.2, 0.25) is 0 Å². The predicted octanol–water partition coefficient (Wildman–Crippen LogP) is 4.29. The maximum Gasteiger partial charge on any atom is 0.417 e. The number of halogens is 3. The fourth-order valence-corrected chi connectivity index (χ4v) is 5.17. The molecule has 1 aliphatic carbocycles. The number of rotatable bonds is 7. The molecule has 36 heavy (non-hydrogen) atoms. The molecule has 4 rings (SSSR count). The summed E-state index contributed by atoms with van der Waals surface area (Å²) in [5, 5.41) is 12.1. The van der Waals surface area contributed by atoms with Gasteiger partial charge in [0.15, 0.2) is 0 Å². The van der Waals surface area contributed by atoms with E-state index in [4.69, 9.17) is 5.26 Å². The van der Waals surface area contributed by atoms with Crippen LogP contribution in [0.4, 0.5) is 18.9 Å². The summed E-state index contributed by atoms with van der Waals surface area (Å²) in [4.78, 5) is 19.2. The number of hydrogen-bond donors (Lipinski definition) is 1. The van der Waals surface area contributed by atoms with Gasteiger partial charge in [-0.3, -0.25) is 9.69 Å². The minimum atomic E-state index is -4.56. The molecule has 0 saturated carbocycles. The second-order valence-electron chi connectivity index (χ2n) is 9.71. The van der Waals surface area contributed by atoms with Crippen molar-refractivity contribution in [2.45, 2.75) is 50.7 Å². The van der Waals surface area contributed by atoms with Crippen LogP contribution in [0.25, 0.3) is 0 Å². The van der Waals surface area contributed by atoms with Crippen molar-refractivity contribution in [3.63, 3.8) is 0 Å². The van der Waals surface area contributed by atoms with Gasteiger partial charge in [0.2, 0.25) is 5.91 Å². The quantitative estimate of drug-likeness (QED) is 0.604. The molecular formula is C27H34F3N5O. The summed E-state index contributed by atoms with van der Waals surface area (Å²) in [7, 11) is 0. The van der Waals surface area contributed by atoms with Crippen molar-refractivity contribution < 1.29 is 18.0 Å². The van der Waals surface area contributed by atoms with E-state index in [9.17, 15) is 18.0 Å². The average molecular weight is 502 g/mol. The molecule has 0 aromatic heterocycles. The van der Waals surface area contributed by atoms with E-state index >= 15 is 0 Å². The van der Waals surface area contributed by atoms with Crippen molar-refractivity contribution in [1.29, 1.82) is 5.26 Å². The van der Waals surface area contributed by atoms with Crippen LogP contribution < -0.4 is 10.2 Å². The first-order chi connectivity index (χ1) is 17.3. The van der Waals surface area contributed by atoms with Crippen molar-refractivity contribution in [3.8, 4) is 6.07 Å². The smallest absolute Gasteiger partial charge is 0.371 e.